The Morgan fingerprint density at radius 3 is 2.41 bits per heavy atom. The molecular weight excluding hydrogens is 366 g/mol. The highest BCUT2D eigenvalue weighted by molar-refractivity contribution is 7.10. The Morgan fingerprint density at radius 1 is 1.07 bits per heavy atom. The summed E-state index contributed by atoms with van der Waals surface area (Å²) in [4.78, 5) is 35.5. The van der Waals surface area contributed by atoms with E-state index in [4.69, 9.17) is 10.8 Å². The molecular formula is C19H23N3O4S. The average molecular weight is 389 g/mol. The molecule has 0 aliphatic heterocycles. The third kappa shape index (κ3) is 7.49. The van der Waals surface area contributed by atoms with Gasteiger partial charge in [0.1, 0.15) is 0 Å². The summed E-state index contributed by atoms with van der Waals surface area (Å²) in [6.07, 6.45) is 0.850. The number of rotatable bonds is 10. The van der Waals surface area contributed by atoms with E-state index in [0.29, 0.717) is 12.8 Å². The van der Waals surface area contributed by atoms with Crippen molar-refractivity contribution in [3.8, 4) is 0 Å². The highest BCUT2D eigenvalue weighted by atomic mass is 32.1. The maximum absolute atomic E-state index is 12.5. The first-order valence-electron chi connectivity index (χ1n) is 8.58. The first-order valence-corrected chi connectivity index (χ1v) is 9.46. The first kappa shape index (κ1) is 20.4. The molecule has 1 aromatic carbocycles. The lowest BCUT2D eigenvalue weighted by atomic mass is 10.0. The summed E-state index contributed by atoms with van der Waals surface area (Å²) < 4.78 is 0. The van der Waals surface area contributed by atoms with E-state index >= 15 is 0 Å². The van der Waals surface area contributed by atoms with Crippen molar-refractivity contribution in [1.82, 2.24) is 10.6 Å². The molecule has 0 aliphatic rings. The minimum Gasteiger partial charge on any atom is -0.481 e. The molecule has 0 radical (unpaired) electrons. The molecule has 1 heterocycles. The van der Waals surface area contributed by atoms with Gasteiger partial charge in [-0.2, -0.15) is 0 Å². The number of carbonyl (C=O) groups excluding carboxylic acids is 2. The number of benzene rings is 1. The zero-order chi connectivity index (χ0) is 19.6. The summed E-state index contributed by atoms with van der Waals surface area (Å²) in [5.41, 5.74) is 6.23. The van der Waals surface area contributed by atoms with E-state index < -0.39 is 18.0 Å². The molecule has 27 heavy (non-hydrogen) atoms. The van der Waals surface area contributed by atoms with Crippen LogP contribution in [0.15, 0.2) is 47.8 Å². The van der Waals surface area contributed by atoms with Crippen molar-refractivity contribution in [3.05, 3.63) is 58.3 Å². The van der Waals surface area contributed by atoms with Gasteiger partial charge in [0, 0.05) is 17.3 Å². The van der Waals surface area contributed by atoms with Crippen molar-refractivity contribution in [2.45, 2.75) is 37.8 Å². The summed E-state index contributed by atoms with van der Waals surface area (Å²) in [5.74, 6) is -1.18. The number of primary amides is 1. The normalized spacial score (nSPS) is 12.7. The van der Waals surface area contributed by atoms with Crippen molar-refractivity contribution in [3.63, 3.8) is 0 Å². The lowest BCUT2D eigenvalue weighted by molar-refractivity contribution is -0.137. The number of carboxylic acid groups (broad SMARTS) is 1. The molecule has 0 bridgehead atoms. The molecule has 2 rings (SSSR count). The molecule has 2 aromatic rings. The molecule has 2 unspecified atom stereocenters. The van der Waals surface area contributed by atoms with Gasteiger partial charge in [-0.25, -0.2) is 4.79 Å². The van der Waals surface area contributed by atoms with Gasteiger partial charge < -0.3 is 21.5 Å². The van der Waals surface area contributed by atoms with E-state index in [0.717, 1.165) is 10.4 Å². The maximum atomic E-state index is 12.5. The lowest BCUT2D eigenvalue weighted by Crippen LogP contribution is -2.40. The topological polar surface area (TPSA) is 122 Å². The molecule has 0 aliphatic carbocycles. The molecule has 0 spiro atoms. The van der Waals surface area contributed by atoms with Gasteiger partial charge in [-0.05, 0) is 29.9 Å². The van der Waals surface area contributed by atoms with Crippen LogP contribution in [0.25, 0.3) is 0 Å². The highest BCUT2D eigenvalue weighted by Crippen LogP contribution is 2.22. The first-order chi connectivity index (χ1) is 12.9. The monoisotopic (exact) mass is 389 g/mol. The fourth-order valence-electron chi connectivity index (χ4n) is 2.78. The Kier molecular flexibility index (Phi) is 7.81. The second-order valence-electron chi connectivity index (χ2n) is 6.17. The van der Waals surface area contributed by atoms with E-state index in [1.165, 1.54) is 11.3 Å². The maximum Gasteiger partial charge on any atom is 0.312 e. The number of hydrogen-bond acceptors (Lipinski definition) is 4. The number of hydrogen-bond donors (Lipinski definition) is 4. The van der Waals surface area contributed by atoms with Gasteiger partial charge in [0.15, 0.2) is 0 Å². The van der Waals surface area contributed by atoms with Crippen LogP contribution >= 0.6 is 11.3 Å². The molecule has 8 heteroatoms. The quantitative estimate of drug-likeness (QED) is 0.498. The average Bonchev–Trinajstić information content (AvgIpc) is 3.14. The Bertz CT molecular complexity index is 750. The van der Waals surface area contributed by atoms with Crippen molar-refractivity contribution in [2.24, 2.45) is 5.73 Å². The van der Waals surface area contributed by atoms with Crippen LogP contribution < -0.4 is 16.4 Å². The third-order valence-corrected chi connectivity index (χ3v) is 4.98. The fourth-order valence-corrected chi connectivity index (χ4v) is 3.56. The predicted octanol–water partition coefficient (Wildman–Crippen LogP) is 2.44. The molecule has 0 fully saturated rings. The molecule has 7 nitrogen and oxygen atoms in total. The highest BCUT2D eigenvalue weighted by Gasteiger charge is 2.21. The number of urea groups is 1. The zero-order valence-electron chi connectivity index (χ0n) is 14.8. The predicted molar refractivity (Wildman–Crippen MR) is 103 cm³/mol. The van der Waals surface area contributed by atoms with E-state index in [2.05, 4.69) is 10.6 Å². The number of aliphatic carboxylic acids is 1. The summed E-state index contributed by atoms with van der Waals surface area (Å²) >= 11 is 1.42. The number of nitrogens with one attached hydrogen (secondary N) is 2. The summed E-state index contributed by atoms with van der Waals surface area (Å²) in [6, 6.07) is 11.7. The smallest absolute Gasteiger partial charge is 0.312 e. The second kappa shape index (κ2) is 10.3. The van der Waals surface area contributed by atoms with Gasteiger partial charge in [0.05, 0.1) is 12.5 Å². The molecule has 1 aromatic heterocycles. The van der Waals surface area contributed by atoms with E-state index in [-0.39, 0.29) is 24.8 Å². The van der Waals surface area contributed by atoms with Crippen molar-refractivity contribution in [1.29, 1.82) is 0 Å². The van der Waals surface area contributed by atoms with Gasteiger partial charge >= 0.3 is 12.0 Å². The van der Waals surface area contributed by atoms with Crippen LogP contribution in [0.4, 0.5) is 4.79 Å². The number of nitrogens with two attached hydrogens (primary N) is 1. The molecule has 0 saturated carbocycles. The summed E-state index contributed by atoms with van der Waals surface area (Å²) in [6.45, 7) is 0. The van der Waals surface area contributed by atoms with Crippen LogP contribution in [0.1, 0.15) is 35.7 Å². The van der Waals surface area contributed by atoms with Crippen LogP contribution in [-0.4, -0.2) is 29.1 Å². The molecule has 5 N–H and O–H groups in total. The minimum atomic E-state index is -0.908. The van der Waals surface area contributed by atoms with Crippen LogP contribution in [-0.2, 0) is 16.0 Å². The number of carbonyl (C=O) groups is 3. The van der Waals surface area contributed by atoms with Gasteiger partial charge in [-0.3, -0.25) is 9.59 Å². The SMILES string of the molecule is NC(=O)NC(CC(=O)NC(CCC(=O)O)Cc1ccccc1)c1cccs1. The van der Waals surface area contributed by atoms with E-state index in [9.17, 15) is 14.4 Å². The third-order valence-electron chi connectivity index (χ3n) is 3.99. The Labute approximate surface area is 161 Å². The summed E-state index contributed by atoms with van der Waals surface area (Å²) in [7, 11) is 0. The van der Waals surface area contributed by atoms with Crippen molar-refractivity contribution >= 4 is 29.2 Å². The van der Waals surface area contributed by atoms with Crippen molar-refractivity contribution < 1.29 is 19.5 Å². The second-order valence-corrected chi connectivity index (χ2v) is 7.15. The number of carboxylic acids is 1. The molecule has 0 saturated heterocycles. The standard InChI is InChI=1S/C19H23N3O4S/c20-19(26)22-15(16-7-4-10-27-16)12-17(23)21-14(8-9-18(24)25)11-13-5-2-1-3-6-13/h1-7,10,14-15H,8-9,11-12H2,(H,21,23)(H,24,25)(H3,20,22,26). The van der Waals surface area contributed by atoms with Crippen LogP contribution in [0.3, 0.4) is 0 Å². The largest absolute Gasteiger partial charge is 0.481 e. The van der Waals surface area contributed by atoms with Gasteiger partial charge in [-0.15, -0.1) is 11.3 Å². The van der Waals surface area contributed by atoms with E-state index in [1.54, 1.807) is 0 Å². The van der Waals surface area contributed by atoms with E-state index in [1.807, 2.05) is 47.8 Å². The Morgan fingerprint density at radius 2 is 1.81 bits per heavy atom. The lowest BCUT2D eigenvalue weighted by Gasteiger charge is -2.21. The zero-order valence-corrected chi connectivity index (χ0v) is 15.6. The van der Waals surface area contributed by atoms with Gasteiger partial charge in [-0.1, -0.05) is 36.4 Å². The molecule has 3 amide bonds. The van der Waals surface area contributed by atoms with Crippen LogP contribution in [0, 0.1) is 0 Å². The molecule has 2 atom stereocenters. The van der Waals surface area contributed by atoms with Gasteiger partial charge in [0.2, 0.25) is 5.91 Å². The van der Waals surface area contributed by atoms with Crippen molar-refractivity contribution in [2.75, 3.05) is 0 Å². The fraction of sp³-hybridized carbons (Fsp3) is 0.316. The molecule has 144 valence electrons. The Balaban J connectivity index is 2.01. The minimum absolute atomic E-state index is 0.0296. The number of thiophene rings is 1. The van der Waals surface area contributed by atoms with Crippen LogP contribution in [0.2, 0.25) is 0 Å². The number of amides is 3. The van der Waals surface area contributed by atoms with Crippen LogP contribution in [0.5, 0.6) is 0 Å². The summed E-state index contributed by atoms with van der Waals surface area (Å²) in [5, 5.41) is 16.3. The van der Waals surface area contributed by atoms with Gasteiger partial charge in [0.25, 0.3) is 0 Å². The Hall–Kier alpha value is -2.87.